The summed E-state index contributed by atoms with van der Waals surface area (Å²) in [6.07, 6.45) is 9.91. The largest absolute Gasteiger partial charge is 0.310 e. The Morgan fingerprint density at radius 2 is 1.82 bits per heavy atom. The van der Waals surface area contributed by atoms with Crippen LogP contribution in [0.15, 0.2) is 0 Å². The van der Waals surface area contributed by atoms with E-state index in [1.54, 1.807) is 0 Å². The van der Waals surface area contributed by atoms with Gasteiger partial charge in [-0.3, -0.25) is 0 Å². The van der Waals surface area contributed by atoms with E-state index in [0.29, 0.717) is 0 Å². The molecule has 2 nitrogen and oxygen atoms in total. The van der Waals surface area contributed by atoms with Crippen molar-refractivity contribution in [2.45, 2.75) is 70.9 Å². The van der Waals surface area contributed by atoms with Crippen molar-refractivity contribution in [3.05, 3.63) is 0 Å². The molecule has 1 saturated carbocycles. The van der Waals surface area contributed by atoms with E-state index in [9.17, 15) is 0 Å². The van der Waals surface area contributed by atoms with Crippen molar-refractivity contribution in [2.24, 2.45) is 5.92 Å². The molecule has 1 saturated heterocycles. The Morgan fingerprint density at radius 3 is 2.65 bits per heavy atom. The summed E-state index contributed by atoms with van der Waals surface area (Å²) in [6.45, 7) is 8.52. The van der Waals surface area contributed by atoms with E-state index in [0.717, 1.165) is 18.0 Å². The molecule has 0 aromatic heterocycles. The molecule has 0 bridgehead atoms. The average Bonchev–Trinajstić information content (AvgIpc) is 2.55. The van der Waals surface area contributed by atoms with Gasteiger partial charge in [0.2, 0.25) is 0 Å². The van der Waals surface area contributed by atoms with E-state index in [2.05, 4.69) is 24.1 Å². The standard InChI is InChI=1S/C15H30N2/c1-3-17-11-5-8-15(12-17)16-14-7-4-6-13(2)9-10-14/h13-16H,3-12H2,1-2H3. The molecule has 3 unspecified atom stereocenters. The first-order valence-corrected chi connectivity index (χ1v) is 7.76. The summed E-state index contributed by atoms with van der Waals surface area (Å²) in [5.41, 5.74) is 0. The predicted molar refractivity (Wildman–Crippen MR) is 74.3 cm³/mol. The van der Waals surface area contributed by atoms with Crippen LogP contribution in [0.25, 0.3) is 0 Å². The fourth-order valence-corrected chi connectivity index (χ4v) is 3.47. The quantitative estimate of drug-likeness (QED) is 0.760. The van der Waals surface area contributed by atoms with E-state index in [4.69, 9.17) is 0 Å². The van der Waals surface area contributed by atoms with Crippen molar-refractivity contribution in [2.75, 3.05) is 19.6 Å². The molecule has 1 aliphatic heterocycles. The molecular weight excluding hydrogens is 208 g/mol. The van der Waals surface area contributed by atoms with Crippen molar-refractivity contribution < 1.29 is 0 Å². The van der Waals surface area contributed by atoms with E-state index in [1.807, 2.05) is 0 Å². The van der Waals surface area contributed by atoms with Gasteiger partial charge in [-0.05, 0) is 51.1 Å². The molecule has 2 aliphatic rings. The molecule has 0 amide bonds. The van der Waals surface area contributed by atoms with Crippen molar-refractivity contribution in [3.63, 3.8) is 0 Å². The average molecular weight is 238 g/mol. The number of hydrogen-bond donors (Lipinski definition) is 1. The molecule has 1 heterocycles. The summed E-state index contributed by atoms with van der Waals surface area (Å²) in [5.74, 6) is 0.959. The summed E-state index contributed by atoms with van der Waals surface area (Å²) in [7, 11) is 0. The first kappa shape index (κ1) is 13.4. The van der Waals surface area contributed by atoms with Gasteiger partial charge in [0, 0.05) is 18.6 Å². The number of likely N-dealkylation sites (N-methyl/N-ethyl adjacent to an activating group) is 1. The fraction of sp³-hybridized carbons (Fsp3) is 1.00. The maximum Gasteiger partial charge on any atom is 0.0198 e. The van der Waals surface area contributed by atoms with Crippen LogP contribution in [0.3, 0.4) is 0 Å². The lowest BCUT2D eigenvalue weighted by Crippen LogP contribution is -2.48. The van der Waals surface area contributed by atoms with E-state index in [-0.39, 0.29) is 0 Å². The highest BCUT2D eigenvalue weighted by Crippen LogP contribution is 2.23. The van der Waals surface area contributed by atoms with Crippen LogP contribution in [0.1, 0.15) is 58.8 Å². The highest BCUT2D eigenvalue weighted by molar-refractivity contribution is 4.82. The zero-order valence-corrected chi connectivity index (χ0v) is 11.8. The first-order chi connectivity index (χ1) is 8.28. The maximum absolute atomic E-state index is 3.94. The van der Waals surface area contributed by atoms with Gasteiger partial charge in [0.05, 0.1) is 0 Å². The number of likely N-dealkylation sites (tertiary alicyclic amines) is 1. The number of nitrogens with zero attached hydrogens (tertiary/aromatic N) is 1. The lowest BCUT2D eigenvalue weighted by atomic mass is 10.0. The second kappa shape index (κ2) is 6.75. The van der Waals surface area contributed by atoms with Crippen LogP contribution in [0.4, 0.5) is 0 Å². The Labute approximate surface area is 107 Å². The Hall–Kier alpha value is -0.0800. The fourth-order valence-electron chi connectivity index (χ4n) is 3.47. The molecule has 2 heteroatoms. The summed E-state index contributed by atoms with van der Waals surface area (Å²) >= 11 is 0. The lowest BCUT2D eigenvalue weighted by Gasteiger charge is -2.34. The summed E-state index contributed by atoms with van der Waals surface area (Å²) in [4.78, 5) is 2.60. The summed E-state index contributed by atoms with van der Waals surface area (Å²) in [5, 5.41) is 3.94. The molecule has 0 radical (unpaired) electrons. The van der Waals surface area contributed by atoms with Gasteiger partial charge < -0.3 is 10.2 Å². The molecule has 0 aromatic rings. The van der Waals surface area contributed by atoms with Gasteiger partial charge in [0.15, 0.2) is 0 Å². The molecule has 0 spiro atoms. The third-order valence-corrected chi connectivity index (χ3v) is 4.68. The smallest absolute Gasteiger partial charge is 0.0198 e. The second-order valence-corrected chi connectivity index (χ2v) is 6.21. The SMILES string of the molecule is CCN1CCCC(NC2CCCC(C)CC2)C1. The molecule has 100 valence electrons. The molecule has 1 aliphatic carbocycles. The van der Waals surface area contributed by atoms with Crippen molar-refractivity contribution in [3.8, 4) is 0 Å². The number of piperidine rings is 1. The van der Waals surface area contributed by atoms with Gasteiger partial charge in [-0.1, -0.05) is 26.7 Å². The Kier molecular flexibility index (Phi) is 5.30. The van der Waals surface area contributed by atoms with Crippen molar-refractivity contribution >= 4 is 0 Å². The summed E-state index contributed by atoms with van der Waals surface area (Å²) in [6, 6.07) is 1.57. The zero-order valence-electron chi connectivity index (χ0n) is 11.8. The van der Waals surface area contributed by atoms with Crippen LogP contribution in [0.5, 0.6) is 0 Å². The molecular formula is C15H30N2. The topological polar surface area (TPSA) is 15.3 Å². The van der Waals surface area contributed by atoms with Crippen LogP contribution in [-0.4, -0.2) is 36.6 Å². The highest BCUT2D eigenvalue weighted by atomic mass is 15.2. The van der Waals surface area contributed by atoms with E-state index in [1.165, 1.54) is 64.6 Å². The predicted octanol–water partition coefficient (Wildman–Crippen LogP) is 3.03. The second-order valence-electron chi connectivity index (χ2n) is 6.21. The highest BCUT2D eigenvalue weighted by Gasteiger charge is 2.23. The minimum Gasteiger partial charge on any atom is -0.310 e. The molecule has 17 heavy (non-hydrogen) atoms. The van der Waals surface area contributed by atoms with Gasteiger partial charge in [-0.25, -0.2) is 0 Å². The number of rotatable bonds is 3. The third-order valence-electron chi connectivity index (χ3n) is 4.68. The van der Waals surface area contributed by atoms with Crippen LogP contribution in [0, 0.1) is 5.92 Å². The molecule has 0 aromatic carbocycles. The monoisotopic (exact) mass is 238 g/mol. The Bertz CT molecular complexity index is 217. The molecule has 3 atom stereocenters. The first-order valence-electron chi connectivity index (χ1n) is 7.76. The van der Waals surface area contributed by atoms with Crippen LogP contribution in [-0.2, 0) is 0 Å². The zero-order chi connectivity index (χ0) is 12.1. The minimum atomic E-state index is 0.766. The van der Waals surface area contributed by atoms with Crippen LogP contribution in [0.2, 0.25) is 0 Å². The van der Waals surface area contributed by atoms with Gasteiger partial charge in [0.1, 0.15) is 0 Å². The maximum atomic E-state index is 3.94. The molecule has 2 rings (SSSR count). The van der Waals surface area contributed by atoms with E-state index >= 15 is 0 Å². The minimum absolute atomic E-state index is 0.766. The number of nitrogens with one attached hydrogen (secondary N) is 1. The van der Waals surface area contributed by atoms with Crippen molar-refractivity contribution in [1.29, 1.82) is 0 Å². The Morgan fingerprint density at radius 1 is 1.00 bits per heavy atom. The van der Waals surface area contributed by atoms with Gasteiger partial charge in [0.25, 0.3) is 0 Å². The number of hydrogen-bond acceptors (Lipinski definition) is 2. The van der Waals surface area contributed by atoms with Gasteiger partial charge in [-0.15, -0.1) is 0 Å². The van der Waals surface area contributed by atoms with Crippen LogP contribution < -0.4 is 5.32 Å². The molecule has 1 N–H and O–H groups in total. The van der Waals surface area contributed by atoms with Crippen LogP contribution >= 0.6 is 0 Å². The van der Waals surface area contributed by atoms with Gasteiger partial charge in [-0.2, -0.15) is 0 Å². The van der Waals surface area contributed by atoms with Gasteiger partial charge >= 0.3 is 0 Å². The summed E-state index contributed by atoms with van der Waals surface area (Å²) < 4.78 is 0. The normalized spacial score (nSPS) is 36.7. The third kappa shape index (κ3) is 4.26. The lowest BCUT2D eigenvalue weighted by molar-refractivity contribution is 0.187. The van der Waals surface area contributed by atoms with E-state index < -0.39 is 0 Å². The molecule has 2 fully saturated rings. The van der Waals surface area contributed by atoms with Crippen molar-refractivity contribution in [1.82, 2.24) is 10.2 Å². The Balaban J connectivity index is 1.75.